The van der Waals surface area contributed by atoms with Gasteiger partial charge in [0.2, 0.25) is 5.91 Å². The first-order chi connectivity index (χ1) is 12.8. The SMILES string of the molecule is Cc1ccc(S(=O)(=O)C2(C(=O)NCc3cccc(Cl)c3)CCCC2)cc1C. The maximum Gasteiger partial charge on any atom is 0.242 e. The van der Waals surface area contributed by atoms with Gasteiger partial charge in [0.1, 0.15) is 0 Å². The number of rotatable bonds is 5. The van der Waals surface area contributed by atoms with E-state index in [0.717, 1.165) is 29.5 Å². The van der Waals surface area contributed by atoms with E-state index >= 15 is 0 Å². The molecular weight excluding hydrogens is 382 g/mol. The van der Waals surface area contributed by atoms with E-state index in [-0.39, 0.29) is 11.4 Å². The van der Waals surface area contributed by atoms with Crippen molar-refractivity contribution >= 4 is 27.3 Å². The topological polar surface area (TPSA) is 63.2 Å². The molecule has 0 aromatic heterocycles. The number of hydrogen-bond acceptors (Lipinski definition) is 3. The molecule has 6 heteroatoms. The van der Waals surface area contributed by atoms with Crippen molar-refractivity contribution in [2.75, 3.05) is 0 Å². The smallest absolute Gasteiger partial charge is 0.242 e. The Hall–Kier alpha value is -1.85. The molecular formula is C21H24ClNO3S. The molecule has 1 N–H and O–H groups in total. The molecule has 2 aromatic rings. The zero-order chi connectivity index (χ0) is 19.7. The minimum atomic E-state index is -3.79. The van der Waals surface area contributed by atoms with Crippen LogP contribution in [-0.2, 0) is 21.2 Å². The van der Waals surface area contributed by atoms with Gasteiger partial charge in [0.25, 0.3) is 0 Å². The molecule has 4 nitrogen and oxygen atoms in total. The molecule has 27 heavy (non-hydrogen) atoms. The summed E-state index contributed by atoms with van der Waals surface area (Å²) in [6.07, 6.45) is 2.16. The van der Waals surface area contributed by atoms with Crippen LogP contribution in [0.15, 0.2) is 47.4 Å². The molecule has 0 radical (unpaired) electrons. The van der Waals surface area contributed by atoms with Gasteiger partial charge in [-0.15, -0.1) is 0 Å². The van der Waals surface area contributed by atoms with Crippen LogP contribution in [0.3, 0.4) is 0 Å². The Bertz CT molecular complexity index is 963. The average Bonchev–Trinajstić information content (AvgIpc) is 3.14. The highest BCUT2D eigenvalue weighted by Crippen LogP contribution is 2.41. The monoisotopic (exact) mass is 405 g/mol. The lowest BCUT2D eigenvalue weighted by Gasteiger charge is -2.28. The largest absolute Gasteiger partial charge is 0.351 e. The van der Waals surface area contributed by atoms with Gasteiger partial charge >= 0.3 is 0 Å². The maximum absolute atomic E-state index is 13.4. The van der Waals surface area contributed by atoms with E-state index in [1.54, 1.807) is 36.4 Å². The molecule has 0 unspecified atom stereocenters. The first-order valence-corrected chi connectivity index (χ1v) is 11.0. The van der Waals surface area contributed by atoms with Gasteiger partial charge in [-0.3, -0.25) is 4.79 Å². The van der Waals surface area contributed by atoms with E-state index in [9.17, 15) is 13.2 Å². The van der Waals surface area contributed by atoms with Crippen LogP contribution in [0, 0.1) is 13.8 Å². The van der Waals surface area contributed by atoms with E-state index in [1.165, 1.54) is 0 Å². The van der Waals surface area contributed by atoms with Crippen LogP contribution in [0.2, 0.25) is 5.02 Å². The van der Waals surface area contributed by atoms with Crippen molar-refractivity contribution < 1.29 is 13.2 Å². The molecule has 0 saturated heterocycles. The zero-order valence-electron chi connectivity index (χ0n) is 15.6. The fourth-order valence-electron chi connectivity index (χ4n) is 3.66. The van der Waals surface area contributed by atoms with Crippen LogP contribution in [0.4, 0.5) is 0 Å². The van der Waals surface area contributed by atoms with Crippen LogP contribution in [0.25, 0.3) is 0 Å². The number of hydrogen-bond donors (Lipinski definition) is 1. The number of aryl methyl sites for hydroxylation is 2. The second-order valence-electron chi connectivity index (χ2n) is 7.26. The number of benzene rings is 2. The fourth-order valence-corrected chi connectivity index (χ4v) is 6.05. The van der Waals surface area contributed by atoms with Gasteiger partial charge in [0.15, 0.2) is 14.6 Å². The Kier molecular flexibility index (Phi) is 5.63. The van der Waals surface area contributed by atoms with Crippen molar-refractivity contribution in [1.82, 2.24) is 5.32 Å². The summed E-state index contributed by atoms with van der Waals surface area (Å²) < 4.78 is 25.5. The third-order valence-electron chi connectivity index (χ3n) is 5.47. The Labute approximate surface area is 165 Å². The molecule has 0 aliphatic heterocycles. The first kappa shape index (κ1) is 19.9. The highest BCUT2D eigenvalue weighted by atomic mass is 35.5. The number of sulfone groups is 1. The summed E-state index contributed by atoms with van der Waals surface area (Å²) >= 11 is 5.99. The second kappa shape index (κ2) is 7.64. The lowest BCUT2D eigenvalue weighted by molar-refractivity contribution is -0.123. The van der Waals surface area contributed by atoms with Gasteiger partial charge in [0.05, 0.1) is 4.90 Å². The molecule has 144 valence electrons. The number of carbonyl (C=O) groups excluding carboxylic acids is 1. The van der Waals surface area contributed by atoms with Crippen molar-refractivity contribution in [3.8, 4) is 0 Å². The normalized spacial score (nSPS) is 16.3. The van der Waals surface area contributed by atoms with E-state index in [1.807, 2.05) is 19.9 Å². The minimum absolute atomic E-state index is 0.227. The molecule has 2 aromatic carbocycles. The molecule has 0 atom stereocenters. The Balaban J connectivity index is 1.90. The van der Waals surface area contributed by atoms with Crippen LogP contribution >= 0.6 is 11.6 Å². The second-order valence-corrected chi connectivity index (χ2v) is 9.96. The van der Waals surface area contributed by atoms with Gasteiger partial charge < -0.3 is 5.32 Å². The number of carbonyl (C=O) groups is 1. The molecule has 1 saturated carbocycles. The number of amides is 1. The van der Waals surface area contributed by atoms with Crippen LogP contribution in [0.1, 0.15) is 42.4 Å². The fraction of sp³-hybridized carbons (Fsp3) is 0.381. The number of halogens is 1. The van der Waals surface area contributed by atoms with Crippen LogP contribution < -0.4 is 5.32 Å². The van der Waals surface area contributed by atoms with Crippen LogP contribution in [-0.4, -0.2) is 19.1 Å². The Morgan fingerprint density at radius 2 is 1.78 bits per heavy atom. The molecule has 1 fully saturated rings. The lowest BCUT2D eigenvalue weighted by atomic mass is 10.1. The third-order valence-corrected chi connectivity index (χ3v) is 8.20. The average molecular weight is 406 g/mol. The van der Waals surface area contributed by atoms with E-state index < -0.39 is 20.5 Å². The van der Waals surface area contributed by atoms with Gasteiger partial charge in [-0.05, 0) is 67.6 Å². The number of nitrogens with one attached hydrogen (secondary N) is 1. The van der Waals surface area contributed by atoms with Crippen molar-refractivity contribution in [2.24, 2.45) is 0 Å². The predicted molar refractivity (Wildman–Crippen MR) is 108 cm³/mol. The first-order valence-electron chi connectivity index (χ1n) is 9.11. The molecule has 0 spiro atoms. The van der Waals surface area contributed by atoms with Crippen molar-refractivity contribution in [1.29, 1.82) is 0 Å². The van der Waals surface area contributed by atoms with E-state index in [0.29, 0.717) is 17.9 Å². The molecule has 0 bridgehead atoms. The quantitative estimate of drug-likeness (QED) is 0.803. The summed E-state index contributed by atoms with van der Waals surface area (Å²) in [5, 5.41) is 3.42. The van der Waals surface area contributed by atoms with E-state index in [4.69, 9.17) is 11.6 Å². The Morgan fingerprint density at radius 1 is 1.07 bits per heavy atom. The molecule has 1 aliphatic carbocycles. The van der Waals surface area contributed by atoms with Crippen molar-refractivity contribution in [2.45, 2.75) is 55.7 Å². The van der Waals surface area contributed by atoms with E-state index in [2.05, 4.69) is 5.32 Å². The zero-order valence-corrected chi connectivity index (χ0v) is 17.2. The summed E-state index contributed by atoms with van der Waals surface area (Å²) in [7, 11) is -3.79. The summed E-state index contributed by atoms with van der Waals surface area (Å²) in [6, 6.07) is 12.3. The summed E-state index contributed by atoms with van der Waals surface area (Å²) in [4.78, 5) is 13.3. The van der Waals surface area contributed by atoms with Crippen molar-refractivity contribution in [3.63, 3.8) is 0 Å². The standard InChI is InChI=1S/C21H24ClNO3S/c1-15-8-9-19(12-16(15)2)27(25,26)21(10-3-4-11-21)20(24)23-14-17-6-5-7-18(22)13-17/h5-9,12-13H,3-4,10-11,14H2,1-2H3,(H,23,24). The molecule has 1 amide bonds. The van der Waals surface area contributed by atoms with Crippen LogP contribution in [0.5, 0.6) is 0 Å². The predicted octanol–water partition coefficient (Wildman–Crippen LogP) is 4.36. The minimum Gasteiger partial charge on any atom is -0.351 e. The highest BCUT2D eigenvalue weighted by molar-refractivity contribution is 7.93. The molecule has 3 rings (SSSR count). The van der Waals surface area contributed by atoms with Gasteiger partial charge in [-0.1, -0.05) is 42.6 Å². The van der Waals surface area contributed by atoms with Gasteiger partial charge in [0, 0.05) is 11.6 Å². The maximum atomic E-state index is 13.4. The summed E-state index contributed by atoms with van der Waals surface area (Å²) in [5.74, 6) is -0.418. The molecule has 1 aliphatic rings. The van der Waals surface area contributed by atoms with Crippen molar-refractivity contribution in [3.05, 3.63) is 64.2 Å². The lowest BCUT2D eigenvalue weighted by Crippen LogP contribution is -2.50. The summed E-state index contributed by atoms with van der Waals surface area (Å²) in [5.41, 5.74) is 2.77. The summed E-state index contributed by atoms with van der Waals surface area (Å²) in [6.45, 7) is 4.08. The Morgan fingerprint density at radius 3 is 2.41 bits per heavy atom. The highest BCUT2D eigenvalue weighted by Gasteiger charge is 2.52. The molecule has 0 heterocycles. The third kappa shape index (κ3) is 3.76. The van der Waals surface area contributed by atoms with Gasteiger partial charge in [-0.2, -0.15) is 0 Å². The van der Waals surface area contributed by atoms with Gasteiger partial charge in [-0.25, -0.2) is 8.42 Å².